The van der Waals surface area contributed by atoms with E-state index in [0.29, 0.717) is 29.3 Å². The summed E-state index contributed by atoms with van der Waals surface area (Å²) in [7, 11) is 1.60. The molecule has 2 amide bonds. The fourth-order valence-electron chi connectivity index (χ4n) is 3.39. The number of rotatable bonds is 8. The van der Waals surface area contributed by atoms with Crippen molar-refractivity contribution < 1.29 is 14.3 Å². The molecule has 3 aromatic rings. The molecule has 4 rings (SSSR count). The number of anilines is 1. The third-order valence-corrected chi connectivity index (χ3v) is 6.28. The van der Waals surface area contributed by atoms with Gasteiger partial charge < -0.3 is 10.1 Å². The summed E-state index contributed by atoms with van der Waals surface area (Å²) < 4.78 is 5.20. The van der Waals surface area contributed by atoms with Crippen LogP contribution < -0.4 is 10.1 Å². The predicted molar refractivity (Wildman–Crippen MR) is 128 cm³/mol. The van der Waals surface area contributed by atoms with Gasteiger partial charge in [-0.25, -0.2) is 0 Å². The fraction of sp³-hybridized carbons (Fsp3) is 0.154. The highest BCUT2D eigenvalue weighted by molar-refractivity contribution is 8.04. The summed E-state index contributed by atoms with van der Waals surface area (Å²) >= 11 is 1.31. The van der Waals surface area contributed by atoms with Gasteiger partial charge in [0.05, 0.1) is 7.11 Å². The Morgan fingerprint density at radius 1 is 0.875 bits per heavy atom. The zero-order chi connectivity index (χ0) is 22.5. The van der Waals surface area contributed by atoms with Crippen molar-refractivity contribution in [2.24, 2.45) is 0 Å². The van der Waals surface area contributed by atoms with Crippen LogP contribution in [0.25, 0.3) is 0 Å². The van der Waals surface area contributed by atoms with Crippen molar-refractivity contribution >= 4 is 29.3 Å². The van der Waals surface area contributed by atoms with Gasteiger partial charge in [0.25, 0.3) is 11.8 Å². The Morgan fingerprint density at radius 2 is 1.56 bits per heavy atom. The molecule has 32 heavy (non-hydrogen) atoms. The van der Waals surface area contributed by atoms with Crippen molar-refractivity contribution in [1.29, 1.82) is 0 Å². The highest BCUT2D eigenvalue weighted by Gasteiger charge is 2.38. The molecule has 1 aliphatic rings. The first-order chi connectivity index (χ1) is 15.5. The molecular weight excluding hydrogens is 420 g/mol. The second kappa shape index (κ2) is 9.75. The molecule has 0 spiro atoms. The summed E-state index contributed by atoms with van der Waals surface area (Å²) in [6, 6.07) is 25.0. The van der Waals surface area contributed by atoms with Crippen molar-refractivity contribution in [3.63, 3.8) is 0 Å². The van der Waals surface area contributed by atoms with E-state index in [2.05, 4.69) is 5.32 Å². The molecular formula is C26H24N2O3S. The molecule has 5 nitrogen and oxygen atoms in total. The SMILES string of the molecule is COc1ccc(NC2=C(Sc3ccc(C)cc3)C(=O)N(CCc3ccccc3)C2=O)cc1. The molecule has 162 valence electrons. The number of imide groups is 1. The minimum atomic E-state index is -0.309. The normalized spacial score (nSPS) is 13.6. The summed E-state index contributed by atoms with van der Waals surface area (Å²) in [5, 5.41) is 3.17. The highest BCUT2D eigenvalue weighted by Crippen LogP contribution is 2.36. The van der Waals surface area contributed by atoms with Gasteiger partial charge in [0.1, 0.15) is 16.4 Å². The Kier molecular flexibility index (Phi) is 6.61. The van der Waals surface area contributed by atoms with E-state index in [-0.39, 0.29) is 11.8 Å². The molecule has 0 radical (unpaired) electrons. The number of methoxy groups -OCH3 is 1. The molecule has 6 heteroatoms. The number of nitrogens with zero attached hydrogens (tertiary/aromatic N) is 1. The lowest BCUT2D eigenvalue weighted by molar-refractivity contribution is -0.137. The van der Waals surface area contributed by atoms with Gasteiger partial charge >= 0.3 is 0 Å². The van der Waals surface area contributed by atoms with Gasteiger partial charge in [0.15, 0.2) is 0 Å². The molecule has 0 saturated heterocycles. The number of nitrogens with one attached hydrogen (secondary N) is 1. The lowest BCUT2D eigenvalue weighted by Crippen LogP contribution is -2.34. The number of thioether (sulfide) groups is 1. The van der Waals surface area contributed by atoms with Crippen molar-refractivity contribution in [3.05, 3.63) is 101 Å². The third kappa shape index (κ3) is 4.86. The number of benzene rings is 3. The smallest absolute Gasteiger partial charge is 0.278 e. The number of hydrogen-bond acceptors (Lipinski definition) is 5. The van der Waals surface area contributed by atoms with Crippen molar-refractivity contribution in [2.45, 2.75) is 18.2 Å². The van der Waals surface area contributed by atoms with Crippen LogP contribution in [0.1, 0.15) is 11.1 Å². The molecule has 0 aromatic heterocycles. The number of ether oxygens (including phenoxy) is 1. The largest absolute Gasteiger partial charge is 0.497 e. The predicted octanol–water partition coefficient (Wildman–Crippen LogP) is 5.03. The van der Waals surface area contributed by atoms with Crippen LogP contribution in [0.15, 0.2) is 94.4 Å². The van der Waals surface area contributed by atoms with Gasteiger partial charge in [-0.15, -0.1) is 0 Å². The molecule has 0 unspecified atom stereocenters. The van der Waals surface area contributed by atoms with Crippen molar-refractivity contribution in [2.75, 3.05) is 19.0 Å². The quantitative estimate of drug-likeness (QED) is 0.494. The van der Waals surface area contributed by atoms with Crippen LogP contribution in [0, 0.1) is 6.92 Å². The second-order valence-corrected chi connectivity index (χ2v) is 8.55. The van der Waals surface area contributed by atoms with Crippen LogP contribution >= 0.6 is 11.8 Å². The average Bonchev–Trinajstić information content (AvgIpc) is 3.04. The lowest BCUT2D eigenvalue weighted by Gasteiger charge is -2.15. The molecule has 1 N–H and O–H groups in total. The third-order valence-electron chi connectivity index (χ3n) is 5.19. The molecule has 0 aliphatic carbocycles. The molecule has 0 bridgehead atoms. The molecule has 0 atom stereocenters. The van der Waals surface area contributed by atoms with Crippen LogP contribution in [0.4, 0.5) is 5.69 Å². The summed E-state index contributed by atoms with van der Waals surface area (Å²) in [6.07, 6.45) is 0.608. The van der Waals surface area contributed by atoms with E-state index in [4.69, 9.17) is 4.74 Å². The van der Waals surface area contributed by atoms with Crippen LogP contribution in [0.5, 0.6) is 5.75 Å². The van der Waals surface area contributed by atoms with Gasteiger partial charge in [-0.2, -0.15) is 0 Å². The van der Waals surface area contributed by atoms with E-state index in [0.717, 1.165) is 21.8 Å². The molecule has 3 aromatic carbocycles. The van der Waals surface area contributed by atoms with E-state index in [1.165, 1.54) is 16.7 Å². The van der Waals surface area contributed by atoms with E-state index >= 15 is 0 Å². The summed E-state index contributed by atoms with van der Waals surface area (Å²) in [5.74, 6) is 0.140. The van der Waals surface area contributed by atoms with Crippen LogP contribution in [-0.2, 0) is 16.0 Å². The molecule has 1 aliphatic heterocycles. The first kappa shape index (κ1) is 21.7. The Morgan fingerprint density at radius 3 is 2.22 bits per heavy atom. The van der Waals surface area contributed by atoms with Gasteiger partial charge in [-0.05, 0) is 55.3 Å². The monoisotopic (exact) mass is 444 g/mol. The maximum atomic E-state index is 13.3. The minimum Gasteiger partial charge on any atom is -0.497 e. The fourth-order valence-corrected chi connectivity index (χ4v) is 4.34. The van der Waals surface area contributed by atoms with Crippen molar-refractivity contribution in [1.82, 2.24) is 4.90 Å². The summed E-state index contributed by atoms with van der Waals surface area (Å²) in [5.41, 5.74) is 3.24. The first-order valence-electron chi connectivity index (χ1n) is 10.3. The number of carbonyl (C=O) groups is 2. The Hall–Kier alpha value is -3.51. The zero-order valence-electron chi connectivity index (χ0n) is 18.0. The van der Waals surface area contributed by atoms with Crippen LogP contribution in [0.3, 0.4) is 0 Å². The Balaban J connectivity index is 1.60. The summed E-state index contributed by atoms with van der Waals surface area (Å²) in [4.78, 5) is 29.2. The maximum Gasteiger partial charge on any atom is 0.278 e. The first-order valence-corrected chi connectivity index (χ1v) is 11.2. The topological polar surface area (TPSA) is 58.6 Å². The van der Waals surface area contributed by atoms with Crippen LogP contribution in [0.2, 0.25) is 0 Å². The van der Waals surface area contributed by atoms with Gasteiger partial charge in [0.2, 0.25) is 0 Å². The van der Waals surface area contributed by atoms with E-state index in [9.17, 15) is 9.59 Å². The van der Waals surface area contributed by atoms with E-state index < -0.39 is 0 Å². The number of amides is 2. The number of hydrogen-bond donors (Lipinski definition) is 1. The maximum absolute atomic E-state index is 13.3. The zero-order valence-corrected chi connectivity index (χ0v) is 18.8. The second-order valence-electron chi connectivity index (χ2n) is 7.47. The van der Waals surface area contributed by atoms with Gasteiger partial charge in [-0.3, -0.25) is 14.5 Å². The minimum absolute atomic E-state index is 0.271. The van der Waals surface area contributed by atoms with Gasteiger partial charge in [0, 0.05) is 17.1 Å². The van der Waals surface area contributed by atoms with E-state index in [1.807, 2.05) is 85.8 Å². The van der Waals surface area contributed by atoms with E-state index in [1.54, 1.807) is 7.11 Å². The van der Waals surface area contributed by atoms with Crippen molar-refractivity contribution in [3.8, 4) is 5.75 Å². The molecule has 0 fully saturated rings. The average molecular weight is 445 g/mol. The number of aryl methyl sites for hydroxylation is 1. The summed E-state index contributed by atoms with van der Waals surface area (Å²) in [6.45, 7) is 2.34. The lowest BCUT2D eigenvalue weighted by atomic mass is 10.1. The van der Waals surface area contributed by atoms with Crippen LogP contribution in [-0.4, -0.2) is 30.4 Å². The molecule has 1 heterocycles. The molecule has 0 saturated carbocycles. The standard InChI is InChI=1S/C26H24N2O3S/c1-18-8-14-22(15-9-18)32-24-23(27-20-10-12-21(31-2)13-11-20)25(29)28(26(24)30)17-16-19-6-4-3-5-7-19/h3-15,27H,16-17H2,1-2H3. The van der Waals surface area contributed by atoms with Gasteiger partial charge in [-0.1, -0.05) is 59.8 Å². The highest BCUT2D eigenvalue weighted by atomic mass is 32.2. The Bertz CT molecular complexity index is 1140. The number of carbonyl (C=O) groups excluding carboxylic acids is 2. The Labute approximate surface area is 192 Å².